The molecule has 2 unspecified atom stereocenters. The number of hydrogen-bond acceptors (Lipinski definition) is 4. The SMILES string of the molecule is CCCS(=O)(=O)N1CCCCC1C(=O)N1CCC(C)(CN)C1.Cl. The lowest BCUT2D eigenvalue weighted by Gasteiger charge is -2.36. The van der Waals surface area contributed by atoms with Crippen LogP contribution in [0.3, 0.4) is 0 Å². The number of nitrogens with zero attached hydrogens (tertiary/aromatic N) is 2. The Kier molecular flexibility index (Phi) is 7.32. The van der Waals surface area contributed by atoms with Crippen LogP contribution in [0.1, 0.15) is 46.0 Å². The molecule has 6 nitrogen and oxygen atoms in total. The Bertz CT molecular complexity index is 514. The predicted molar refractivity (Wildman–Crippen MR) is 94.0 cm³/mol. The van der Waals surface area contributed by atoms with Crippen molar-refractivity contribution in [2.75, 3.05) is 31.9 Å². The number of sulfonamides is 1. The van der Waals surface area contributed by atoms with Crippen molar-refractivity contribution in [3.8, 4) is 0 Å². The van der Waals surface area contributed by atoms with Crippen LogP contribution in [0.2, 0.25) is 0 Å². The molecule has 2 aliphatic heterocycles. The molecule has 2 atom stereocenters. The molecule has 2 N–H and O–H groups in total. The van der Waals surface area contributed by atoms with Crippen molar-refractivity contribution in [1.29, 1.82) is 0 Å². The van der Waals surface area contributed by atoms with E-state index in [4.69, 9.17) is 5.73 Å². The lowest BCUT2D eigenvalue weighted by molar-refractivity contribution is -0.135. The first-order valence-electron chi connectivity index (χ1n) is 8.31. The van der Waals surface area contributed by atoms with Crippen molar-refractivity contribution < 1.29 is 13.2 Å². The molecule has 0 aromatic rings. The van der Waals surface area contributed by atoms with E-state index in [1.807, 2.05) is 11.8 Å². The smallest absolute Gasteiger partial charge is 0.241 e. The van der Waals surface area contributed by atoms with Crippen LogP contribution in [0.25, 0.3) is 0 Å². The normalized spacial score (nSPS) is 29.3. The Morgan fingerprint density at radius 1 is 1.30 bits per heavy atom. The second-order valence-electron chi connectivity index (χ2n) is 6.96. The van der Waals surface area contributed by atoms with Gasteiger partial charge < -0.3 is 10.6 Å². The highest BCUT2D eigenvalue weighted by molar-refractivity contribution is 7.89. The van der Waals surface area contributed by atoms with Gasteiger partial charge in [0.15, 0.2) is 0 Å². The summed E-state index contributed by atoms with van der Waals surface area (Å²) >= 11 is 0. The van der Waals surface area contributed by atoms with E-state index in [0.717, 1.165) is 19.3 Å². The van der Waals surface area contributed by atoms with Crippen molar-refractivity contribution in [3.05, 3.63) is 0 Å². The second kappa shape index (κ2) is 8.14. The summed E-state index contributed by atoms with van der Waals surface area (Å²) in [5, 5.41) is 0. The standard InChI is InChI=1S/C15H29N3O3S.ClH/c1-3-10-22(20,21)18-8-5-4-6-13(18)14(19)17-9-7-15(2,11-16)12-17;/h13H,3-12,16H2,1-2H3;1H. The van der Waals surface area contributed by atoms with Crippen LogP contribution in [0.5, 0.6) is 0 Å². The highest BCUT2D eigenvalue weighted by Crippen LogP contribution is 2.31. The first kappa shape index (κ1) is 20.7. The third-order valence-electron chi connectivity index (χ3n) is 4.92. The Morgan fingerprint density at radius 3 is 2.57 bits per heavy atom. The molecule has 2 saturated heterocycles. The lowest BCUT2D eigenvalue weighted by atomic mass is 9.90. The first-order chi connectivity index (χ1) is 10.3. The molecule has 0 aromatic carbocycles. The van der Waals surface area contributed by atoms with E-state index in [1.54, 1.807) is 0 Å². The molecule has 0 spiro atoms. The molecule has 8 heteroatoms. The van der Waals surface area contributed by atoms with E-state index in [1.165, 1.54) is 4.31 Å². The maximum Gasteiger partial charge on any atom is 0.241 e. The molecular formula is C15H30ClN3O3S. The number of halogens is 1. The highest BCUT2D eigenvalue weighted by Gasteiger charge is 2.42. The maximum atomic E-state index is 12.8. The number of carbonyl (C=O) groups excluding carboxylic acids is 1. The molecule has 2 heterocycles. The topological polar surface area (TPSA) is 83.7 Å². The minimum atomic E-state index is -3.33. The Labute approximate surface area is 146 Å². The number of piperidine rings is 1. The van der Waals surface area contributed by atoms with E-state index < -0.39 is 16.1 Å². The summed E-state index contributed by atoms with van der Waals surface area (Å²) < 4.78 is 26.3. The van der Waals surface area contributed by atoms with Crippen LogP contribution in [0.4, 0.5) is 0 Å². The molecule has 23 heavy (non-hydrogen) atoms. The van der Waals surface area contributed by atoms with Gasteiger partial charge in [0.05, 0.1) is 5.75 Å². The number of carbonyl (C=O) groups is 1. The number of amides is 1. The van der Waals surface area contributed by atoms with E-state index in [-0.39, 0.29) is 29.5 Å². The number of nitrogens with two attached hydrogens (primary N) is 1. The molecule has 0 radical (unpaired) electrons. The monoisotopic (exact) mass is 367 g/mol. The molecule has 0 bridgehead atoms. The van der Waals surface area contributed by atoms with Gasteiger partial charge in [-0.2, -0.15) is 4.31 Å². The largest absolute Gasteiger partial charge is 0.341 e. The molecule has 1 amide bonds. The van der Waals surface area contributed by atoms with Gasteiger partial charge in [-0.3, -0.25) is 4.79 Å². The zero-order valence-corrected chi connectivity index (χ0v) is 15.8. The van der Waals surface area contributed by atoms with Gasteiger partial charge in [0, 0.05) is 19.6 Å². The van der Waals surface area contributed by atoms with Crippen LogP contribution in [-0.4, -0.2) is 61.5 Å². The fourth-order valence-corrected chi connectivity index (χ4v) is 5.19. The van der Waals surface area contributed by atoms with E-state index >= 15 is 0 Å². The van der Waals surface area contributed by atoms with E-state index in [2.05, 4.69) is 6.92 Å². The quantitative estimate of drug-likeness (QED) is 0.791. The molecule has 2 rings (SSSR count). The van der Waals surface area contributed by atoms with E-state index in [9.17, 15) is 13.2 Å². The highest BCUT2D eigenvalue weighted by atomic mass is 35.5. The zero-order chi connectivity index (χ0) is 16.4. The van der Waals surface area contributed by atoms with Gasteiger partial charge in [-0.15, -0.1) is 12.4 Å². The summed E-state index contributed by atoms with van der Waals surface area (Å²) in [6.45, 7) is 6.30. The summed E-state index contributed by atoms with van der Waals surface area (Å²) in [5.41, 5.74) is 5.77. The van der Waals surface area contributed by atoms with Crippen LogP contribution >= 0.6 is 12.4 Å². The Hall–Kier alpha value is -0.370. The fraction of sp³-hybridized carbons (Fsp3) is 0.933. The second-order valence-corrected chi connectivity index (χ2v) is 9.00. The van der Waals surface area contributed by atoms with Gasteiger partial charge >= 0.3 is 0 Å². The minimum absolute atomic E-state index is 0. The third-order valence-corrected chi connectivity index (χ3v) is 7.00. The summed E-state index contributed by atoms with van der Waals surface area (Å²) in [5.74, 6) is 0.0913. The van der Waals surface area contributed by atoms with Crippen molar-refractivity contribution in [1.82, 2.24) is 9.21 Å². The molecule has 0 saturated carbocycles. The van der Waals surface area contributed by atoms with Crippen molar-refractivity contribution in [2.45, 2.75) is 52.0 Å². The summed E-state index contributed by atoms with van der Waals surface area (Å²) in [6, 6.07) is -0.509. The molecule has 136 valence electrons. The maximum absolute atomic E-state index is 12.8. The summed E-state index contributed by atoms with van der Waals surface area (Å²) in [7, 11) is -3.33. The van der Waals surface area contributed by atoms with Gasteiger partial charge in [0.2, 0.25) is 15.9 Å². The molecule has 0 aliphatic carbocycles. The van der Waals surface area contributed by atoms with Gasteiger partial charge in [-0.05, 0) is 37.6 Å². The molecule has 2 aliphatic rings. The third kappa shape index (κ3) is 4.59. The van der Waals surface area contributed by atoms with E-state index in [0.29, 0.717) is 39.0 Å². The van der Waals surface area contributed by atoms with Crippen LogP contribution in [0, 0.1) is 5.41 Å². The Morgan fingerprint density at radius 2 is 2.00 bits per heavy atom. The Balaban J connectivity index is 0.00000264. The van der Waals surface area contributed by atoms with Crippen LogP contribution in [0.15, 0.2) is 0 Å². The lowest BCUT2D eigenvalue weighted by Crippen LogP contribution is -2.53. The summed E-state index contributed by atoms with van der Waals surface area (Å²) in [4.78, 5) is 14.7. The van der Waals surface area contributed by atoms with Crippen LogP contribution < -0.4 is 5.73 Å². The molecule has 0 aromatic heterocycles. The van der Waals surface area contributed by atoms with Crippen LogP contribution in [-0.2, 0) is 14.8 Å². The van der Waals surface area contributed by atoms with Gasteiger partial charge in [0.25, 0.3) is 0 Å². The van der Waals surface area contributed by atoms with Crippen molar-refractivity contribution in [2.24, 2.45) is 11.1 Å². The molecule has 2 fully saturated rings. The van der Waals surface area contributed by atoms with Gasteiger partial charge in [-0.25, -0.2) is 8.42 Å². The van der Waals surface area contributed by atoms with Gasteiger partial charge in [0.1, 0.15) is 6.04 Å². The predicted octanol–water partition coefficient (Wildman–Crippen LogP) is 1.20. The zero-order valence-electron chi connectivity index (χ0n) is 14.2. The van der Waals surface area contributed by atoms with Crippen molar-refractivity contribution in [3.63, 3.8) is 0 Å². The number of rotatable bonds is 5. The number of likely N-dealkylation sites (tertiary alicyclic amines) is 1. The fourth-order valence-electron chi connectivity index (χ4n) is 3.45. The van der Waals surface area contributed by atoms with Gasteiger partial charge in [-0.1, -0.05) is 20.3 Å². The number of hydrogen-bond donors (Lipinski definition) is 1. The average Bonchev–Trinajstić information content (AvgIpc) is 2.90. The summed E-state index contributed by atoms with van der Waals surface area (Å²) in [6.07, 6.45) is 3.86. The average molecular weight is 368 g/mol. The van der Waals surface area contributed by atoms with Crippen molar-refractivity contribution >= 4 is 28.3 Å². The molecular weight excluding hydrogens is 338 g/mol. The first-order valence-corrected chi connectivity index (χ1v) is 9.92. The minimum Gasteiger partial charge on any atom is -0.341 e.